The lowest BCUT2D eigenvalue weighted by molar-refractivity contribution is -0.120. The lowest BCUT2D eigenvalue weighted by atomic mass is 9.85. The number of piperidine rings is 1. The fourth-order valence-electron chi connectivity index (χ4n) is 4.19. The van der Waals surface area contributed by atoms with Crippen molar-refractivity contribution < 1.29 is 15.0 Å². The molecule has 1 amide bonds. The van der Waals surface area contributed by atoms with Crippen molar-refractivity contribution in [3.8, 4) is 0 Å². The van der Waals surface area contributed by atoms with E-state index >= 15 is 0 Å². The van der Waals surface area contributed by atoms with E-state index in [1.807, 2.05) is 49.1 Å². The van der Waals surface area contributed by atoms with Gasteiger partial charge in [-0.2, -0.15) is 9.36 Å². The smallest absolute Gasteiger partial charge is 0.363 e. The first-order valence-corrected chi connectivity index (χ1v) is 10.6. The van der Waals surface area contributed by atoms with Crippen LogP contribution in [0, 0.1) is 0 Å². The monoisotopic (exact) mass is 450 g/mol. The van der Waals surface area contributed by atoms with E-state index in [9.17, 15) is 9.59 Å². The first-order valence-electron chi connectivity index (χ1n) is 10.6. The average molecular weight is 451 g/mol. The normalized spacial score (nSPS) is 15.5. The number of benzene rings is 1. The number of para-hydroxylation sites is 1. The van der Waals surface area contributed by atoms with Crippen molar-refractivity contribution >= 4 is 11.6 Å². The third-order valence-corrected chi connectivity index (χ3v) is 5.87. The summed E-state index contributed by atoms with van der Waals surface area (Å²) >= 11 is 0. The van der Waals surface area contributed by atoms with Gasteiger partial charge in [0, 0.05) is 45.4 Å². The van der Waals surface area contributed by atoms with Gasteiger partial charge in [0.25, 0.3) is 0 Å². The minimum Gasteiger partial charge on any atom is -0.412 e. The molecule has 2 N–H and O–H groups in total. The first-order chi connectivity index (χ1) is 14.5. The van der Waals surface area contributed by atoms with Gasteiger partial charge < -0.3 is 20.0 Å². The molecule has 10 heteroatoms. The number of ether oxygens (including phenoxy) is 1. The van der Waals surface area contributed by atoms with Crippen molar-refractivity contribution in [3.63, 3.8) is 0 Å². The number of anilines is 1. The minimum absolute atomic E-state index is 0. The van der Waals surface area contributed by atoms with Crippen LogP contribution >= 0.6 is 0 Å². The zero-order chi connectivity index (χ0) is 21.6. The zero-order valence-electron chi connectivity index (χ0n) is 18.7. The molecule has 1 aliphatic heterocycles. The van der Waals surface area contributed by atoms with Gasteiger partial charge in [-0.15, -0.1) is 0 Å². The number of amides is 1. The Morgan fingerprint density at radius 1 is 1.09 bits per heavy atom. The summed E-state index contributed by atoms with van der Waals surface area (Å²) in [6.07, 6.45) is 2.05. The van der Waals surface area contributed by atoms with E-state index in [0.717, 1.165) is 38.2 Å². The standard InChI is InChI=1S/C21H32N6O3.CH4.H2O/c1-4-19(28)27(18-9-7-6-8-10-18)21(17-30-3)11-13-24(14-12-21)15-16-26-20(29)25(5-2)22-23-26;;/h6-10H,4-5,11-17H2,1-3H3;1H4;1H2. The highest BCUT2D eigenvalue weighted by atomic mass is 16.5. The molecule has 180 valence electrons. The third-order valence-electron chi connectivity index (χ3n) is 5.87. The van der Waals surface area contributed by atoms with Crippen LogP contribution in [0.3, 0.4) is 0 Å². The Bertz CT molecular complexity index is 874. The van der Waals surface area contributed by atoms with E-state index in [1.165, 1.54) is 9.36 Å². The molecule has 3 rings (SSSR count). The fraction of sp³-hybridized carbons (Fsp3) is 0.636. The summed E-state index contributed by atoms with van der Waals surface area (Å²) in [5.74, 6) is 0.106. The number of likely N-dealkylation sites (tertiary alicyclic amines) is 1. The zero-order valence-corrected chi connectivity index (χ0v) is 18.7. The average Bonchev–Trinajstić information content (AvgIpc) is 3.13. The van der Waals surface area contributed by atoms with Crippen LogP contribution in [-0.4, -0.2) is 75.0 Å². The number of hydrogen-bond donors (Lipinski definition) is 0. The molecule has 1 aliphatic rings. The van der Waals surface area contributed by atoms with Gasteiger partial charge in [0.1, 0.15) is 0 Å². The van der Waals surface area contributed by atoms with Gasteiger partial charge in [0.05, 0.1) is 18.7 Å². The lowest BCUT2D eigenvalue weighted by Gasteiger charge is -2.48. The number of nitrogens with zero attached hydrogens (tertiary/aromatic N) is 6. The van der Waals surface area contributed by atoms with Crippen molar-refractivity contribution in [1.29, 1.82) is 0 Å². The number of carbonyl (C=O) groups is 1. The van der Waals surface area contributed by atoms with E-state index in [0.29, 0.717) is 26.1 Å². The topological polar surface area (TPSA) is 117 Å². The van der Waals surface area contributed by atoms with Gasteiger partial charge in [-0.25, -0.2) is 4.79 Å². The maximum absolute atomic E-state index is 13.0. The second kappa shape index (κ2) is 12.5. The second-order valence-corrected chi connectivity index (χ2v) is 7.72. The summed E-state index contributed by atoms with van der Waals surface area (Å²) in [4.78, 5) is 29.4. The minimum atomic E-state index is -0.373. The first kappa shape index (κ1) is 27.5. The molecule has 0 bridgehead atoms. The third kappa shape index (κ3) is 5.81. The number of methoxy groups -OCH3 is 1. The second-order valence-electron chi connectivity index (χ2n) is 7.72. The predicted molar refractivity (Wildman–Crippen MR) is 125 cm³/mol. The Balaban J connectivity index is 0.00000256. The molecule has 1 aromatic heterocycles. The Kier molecular flexibility index (Phi) is 10.7. The van der Waals surface area contributed by atoms with E-state index in [2.05, 4.69) is 15.3 Å². The quantitative estimate of drug-likeness (QED) is 0.566. The lowest BCUT2D eigenvalue weighted by Crippen LogP contribution is -2.60. The fourth-order valence-corrected chi connectivity index (χ4v) is 4.19. The molecule has 0 saturated carbocycles. The van der Waals surface area contributed by atoms with Crippen molar-refractivity contribution in [2.24, 2.45) is 0 Å². The maximum Gasteiger partial charge on any atom is 0.363 e. The number of hydrogen-bond acceptors (Lipinski definition) is 6. The molecular weight excluding hydrogens is 412 g/mol. The van der Waals surface area contributed by atoms with Crippen LogP contribution in [0.1, 0.15) is 40.5 Å². The predicted octanol–water partition coefficient (Wildman–Crippen LogP) is 1.20. The molecule has 0 radical (unpaired) electrons. The molecule has 1 fully saturated rings. The van der Waals surface area contributed by atoms with Gasteiger partial charge in [-0.3, -0.25) is 4.79 Å². The highest BCUT2D eigenvalue weighted by Crippen LogP contribution is 2.34. The molecule has 0 unspecified atom stereocenters. The van der Waals surface area contributed by atoms with Crippen LogP contribution in [0.4, 0.5) is 5.69 Å². The van der Waals surface area contributed by atoms with E-state index in [4.69, 9.17) is 4.74 Å². The maximum atomic E-state index is 13.0. The summed E-state index contributed by atoms with van der Waals surface area (Å²) in [6.45, 7) is 7.64. The molecule has 1 aromatic carbocycles. The van der Waals surface area contributed by atoms with Gasteiger partial charge in [0.15, 0.2) is 0 Å². The Labute approximate surface area is 190 Å². The van der Waals surface area contributed by atoms with Crippen LogP contribution in [0.15, 0.2) is 35.1 Å². The Morgan fingerprint density at radius 3 is 2.25 bits per heavy atom. The Morgan fingerprint density at radius 2 is 1.72 bits per heavy atom. The number of aromatic nitrogens is 4. The summed E-state index contributed by atoms with van der Waals surface area (Å²) < 4.78 is 8.37. The van der Waals surface area contributed by atoms with Gasteiger partial charge in [0.2, 0.25) is 5.91 Å². The summed E-state index contributed by atoms with van der Waals surface area (Å²) in [5.41, 5.74) is 0.367. The van der Waals surface area contributed by atoms with Crippen LogP contribution in [0.2, 0.25) is 0 Å². The molecular formula is C22H38N6O4. The van der Waals surface area contributed by atoms with Crippen molar-refractivity contribution in [3.05, 3.63) is 40.8 Å². The molecule has 32 heavy (non-hydrogen) atoms. The highest BCUT2D eigenvalue weighted by molar-refractivity contribution is 5.94. The molecule has 0 aliphatic carbocycles. The SMILES string of the molecule is C.CCC(=O)N(c1ccccc1)C1(COC)CCN(CCn2nnn(CC)c2=O)CC1.O. The number of aryl methyl sites for hydroxylation is 1. The van der Waals surface area contributed by atoms with E-state index < -0.39 is 0 Å². The molecule has 0 spiro atoms. The van der Waals surface area contributed by atoms with Gasteiger partial charge >= 0.3 is 5.69 Å². The van der Waals surface area contributed by atoms with Crippen molar-refractivity contribution in [1.82, 2.24) is 24.7 Å². The molecule has 1 saturated heterocycles. The van der Waals surface area contributed by atoms with Crippen LogP contribution in [0.5, 0.6) is 0 Å². The van der Waals surface area contributed by atoms with E-state index in [-0.39, 0.29) is 30.0 Å². The summed E-state index contributed by atoms with van der Waals surface area (Å²) in [7, 11) is 1.69. The largest absolute Gasteiger partial charge is 0.412 e. The van der Waals surface area contributed by atoms with E-state index in [1.54, 1.807) is 7.11 Å². The molecule has 2 aromatic rings. The number of carbonyl (C=O) groups excluding carboxylic acids is 1. The summed E-state index contributed by atoms with van der Waals surface area (Å²) in [6, 6.07) is 9.85. The van der Waals surface area contributed by atoms with Crippen LogP contribution in [0.25, 0.3) is 0 Å². The summed E-state index contributed by atoms with van der Waals surface area (Å²) in [5, 5.41) is 7.82. The van der Waals surface area contributed by atoms with Crippen LogP contribution in [-0.2, 0) is 22.6 Å². The Hall–Kier alpha value is -2.56. The number of tetrazole rings is 1. The van der Waals surface area contributed by atoms with Crippen LogP contribution < -0.4 is 10.6 Å². The highest BCUT2D eigenvalue weighted by Gasteiger charge is 2.42. The molecule has 10 nitrogen and oxygen atoms in total. The van der Waals surface area contributed by atoms with Gasteiger partial charge in [-0.05, 0) is 42.3 Å². The number of rotatable bonds is 9. The van der Waals surface area contributed by atoms with Gasteiger partial charge in [-0.1, -0.05) is 32.5 Å². The van der Waals surface area contributed by atoms with Crippen molar-refractivity contribution in [2.75, 3.05) is 38.3 Å². The molecule has 0 atom stereocenters. The molecule has 2 heterocycles. The van der Waals surface area contributed by atoms with Crippen molar-refractivity contribution in [2.45, 2.75) is 59.2 Å².